The first-order valence-corrected chi connectivity index (χ1v) is 10.4. The second-order valence-corrected chi connectivity index (χ2v) is 8.02. The van der Waals surface area contributed by atoms with Crippen molar-refractivity contribution in [1.82, 2.24) is 4.98 Å². The maximum absolute atomic E-state index is 13.3. The van der Waals surface area contributed by atoms with Crippen LogP contribution in [0.25, 0.3) is 10.2 Å². The Morgan fingerprint density at radius 3 is 2.62 bits per heavy atom. The maximum atomic E-state index is 13.3. The number of hydrogen-bond acceptors (Lipinski definition) is 6. The molecule has 0 bridgehead atoms. The average Bonchev–Trinajstić information content (AvgIpc) is 3.40. The molecule has 1 amide bonds. The number of hydrogen-bond donors (Lipinski definition) is 0. The second-order valence-electron chi connectivity index (χ2n) is 7.01. The SMILES string of the molecule is COc1ccc2sc(N(CC3CCCO3)C(=O)c3ccc(C(C)=O)cc3)nc2c1. The van der Waals surface area contributed by atoms with E-state index in [4.69, 9.17) is 14.5 Å². The Bertz CT molecular complexity index is 1040. The lowest BCUT2D eigenvalue weighted by Gasteiger charge is -2.23. The molecule has 1 aliphatic rings. The molecule has 1 unspecified atom stereocenters. The van der Waals surface area contributed by atoms with Gasteiger partial charge in [0.2, 0.25) is 0 Å². The number of ether oxygens (including phenoxy) is 2. The van der Waals surface area contributed by atoms with E-state index in [2.05, 4.69) is 0 Å². The summed E-state index contributed by atoms with van der Waals surface area (Å²) in [5.74, 6) is 0.549. The van der Waals surface area contributed by atoms with Crippen molar-refractivity contribution in [2.24, 2.45) is 0 Å². The third-order valence-corrected chi connectivity index (χ3v) is 6.07. The summed E-state index contributed by atoms with van der Waals surface area (Å²) < 4.78 is 12.0. The van der Waals surface area contributed by atoms with E-state index in [0.29, 0.717) is 22.8 Å². The number of rotatable bonds is 6. The van der Waals surface area contributed by atoms with Crippen molar-refractivity contribution < 1.29 is 19.1 Å². The Balaban J connectivity index is 1.68. The van der Waals surface area contributed by atoms with Gasteiger partial charge >= 0.3 is 0 Å². The molecular weight excluding hydrogens is 388 g/mol. The molecule has 1 fully saturated rings. The molecule has 3 aromatic rings. The highest BCUT2D eigenvalue weighted by Gasteiger charge is 2.27. The standard InChI is InChI=1S/C22H22N2O4S/c1-14(25)15-5-7-16(8-6-15)21(26)24(13-18-4-3-11-28-18)22-23-19-12-17(27-2)9-10-20(19)29-22/h5-10,12,18H,3-4,11,13H2,1-2H3. The summed E-state index contributed by atoms with van der Waals surface area (Å²) in [5, 5.41) is 0.629. The molecule has 0 N–H and O–H groups in total. The molecule has 4 rings (SSSR count). The number of fused-ring (bicyclic) bond motifs is 1. The highest BCUT2D eigenvalue weighted by atomic mass is 32.1. The van der Waals surface area contributed by atoms with Gasteiger partial charge in [0.15, 0.2) is 10.9 Å². The molecule has 2 heterocycles. The van der Waals surface area contributed by atoms with E-state index in [9.17, 15) is 9.59 Å². The zero-order valence-corrected chi connectivity index (χ0v) is 17.2. The van der Waals surface area contributed by atoms with Crippen LogP contribution in [0.2, 0.25) is 0 Å². The Kier molecular flexibility index (Phi) is 5.60. The number of carbonyl (C=O) groups is 2. The number of methoxy groups -OCH3 is 1. The van der Waals surface area contributed by atoms with E-state index in [0.717, 1.165) is 35.4 Å². The van der Waals surface area contributed by atoms with Crippen molar-refractivity contribution in [1.29, 1.82) is 0 Å². The van der Waals surface area contributed by atoms with Gasteiger partial charge in [0, 0.05) is 23.8 Å². The van der Waals surface area contributed by atoms with Crippen molar-refractivity contribution in [3.05, 3.63) is 53.6 Å². The van der Waals surface area contributed by atoms with E-state index >= 15 is 0 Å². The van der Waals surface area contributed by atoms with Crippen LogP contribution < -0.4 is 9.64 Å². The lowest BCUT2D eigenvalue weighted by atomic mass is 10.1. The van der Waals surface area contributed by atoms with Gasteiger partial charge in [0.25, 0.3) is 5.91 Å². The van der Waals surface area contributed by atoms with E-state index in [1.807, 2.05) is 18.2 Å². The fraction of sp³-hybridized carbons (Fsp3) is 0.318. The molecule has 0 saturated carbocycles. The van der Waals surface area contributed by atoms with E-state index < -0.39 is 0 Å². The minimum Gasteiger partial charge on any atom is -0.497 e. The molecular formula is C22H22N2O4S. The lowest BCUT2D eigenvalue weighted by molar-refractivity contribution is 0.0916. The second kappa shape index (κ2) is 8.31. The van der Waals surface area contributed by atoms with Crippen LogP contribution in [0.5, 0.6) is 5.75 Å². The van der Waals surface area contributed by atoms with E-state index in [-0.39, 0.29) is 17.8 Å². The maximum Gasteiger partial charge on any atom is 0.260 e. The molecule has 7 heteroatoms. The zero-order chi connectivity index (χ0) is 20.4. The van der Waals surface area contributed by atoms with Crippen LogP contribution in [0, 0.1) is 0 Å². The Morgan fingerprint density at radius 2 is 1.97 bits per heavy atom. The van der Waals surface area contributed by atoms with E-state index in [1.165, 1.54) is 18.3 Å². The van der Waals surface area contributed by atoms with Gasteiger partial charge in [-0.1, -0.05) is 23.5 Å². The average molecular weight is 410 g/mol. The first-order valence-electron chi connectivity index (χ1n) is 9.54. The third kappa shape index (κ3) is 4.16. The fourth-order valence-corrected chi connectivity index (χ4v) is 4.33. The van der Waals surface area contributed by atoms with Gasteiger partial charge in [0.1, 0.15) is 5.75 Å². The lowest BCUT2D eigenvalue weighted by Crippen LogP contribution is -2.37. The predicted octanol–water partition coefficient (Wildman–Crippen LogP) is 4.33. The predicted molar refractivity (Wildman–Crippen MR) is 113 cm³/mol. The number of Topliss-reactive ketones (excluding diaryl/α,β-unsaturated/α-hetero) is 1. The molecule has 0 aliphatic carbocycles. The smallest absolute Gasteiger partial charge is 0.260 e. The molecule has 150 valence electrons. The van der Waals surface area contributed by atoms with Gasteiger partial charge in [-0.25, -0.2) is 4.98 Å². The number of benzene rings is 2. The summed E-state index contributed by atoms with van der Waals surface area (Å²) in [4.78, 5) is 31.3. The molecule has 0 spiro atoms. The van der Waals surface area contributed by atoms with Crippen LogP contribution in [0.15, 0.2) is 42.5 Å². The summed E-state index contributed by atoms with van der Waals surface area (Å²) in [6.45, 7) is 2.68. The summed E-state index contributed by atoms with van der Waals surface area (Å²) >= 11 is 1.47. The van der Waals surface area contributed by atoms with Crippen LogP contribution in [0.4, 0.5) is 5.13 Å². The Morgan fingerprint density at radius 1 is 1.21 bits per heavy atom. The summed E-state index contributed by atoms with van der Waals surface area (Å²) in [6, 6.07) is 12.5. The van der Waals surface area contributed by atoms with Crippen molar-refractivity contribution in [2.45, 2.75) is 25.9 Å². The highest BCUT2D eigenvalue weighted by molar-refractivity contribution is 7.22. The fourth-order valence-electron chi connectivity index (χ4n) is 3.38. The molecule has 1 saturated heterocycles. The third-order valence-electron chi connectivity index (χ3n) is 5.01. The molecule has 2 aromatic carbocycles. The summed E-state index contributed by atoms with van der Waals surface area (Å²) in [5.41, 5.74) is 1.89. The number of nitrogens with zero attached hydrogens (tertiary/aromatic N) is 2. The topological polar surface area (TPSA) is 68.7 Å². The van der Waals surface area contributed by atoms with Gasteiger partial charge in [-0.15, -0.1) is 0 Å². The minimum atomic E-state index is -0.151. The Hall–Kier alpha value is -2.77. The molecule has 1 aliphatic heterocycles. The van der Waals surface area contributed by atoms with Crippen LogP contribution in [-0.2, 0) is 4.74 Å². The zero-order valence-electron chi connectivity index (χ0n) is 16.4. The first kappa shape index (κ1) is 19.5. The summed E-state index contributed by atoms with van der Waals surface area (Å²) in [7, 11) is 1.62. The number of aromatic nitrogens is 1. The number of anilines is 1. The summed E-state index contributed by atoms with van der Waals surface area (Å²) in [6.07, 6.45) is 1.92. The number of carbonyl (C=O) groups excluding carboxylic acids is 2. The molecule has 0 radical (unpaired) electrons. The highest BCUT2D eigenvalue weighted by Crippen LogP contribution is 2.32. The van der Waals surface area contributed by atoms with Crippen molar-refractivity contribution in [3.63, 3.8) is 0 Å². The quantitative estimate of drug-likeness (QED) is 0.566. The molecule has 6 nitrogen and oxygen atoms in total. The van der Waals surface area contributed by atoms with Gasteiger partial charge in [-0.3, -0.25) is 14.5 Å². The monoisotopic (exact) mass is 410 g/mol. The van der Waals surface area contributed by atoms with Crippen LogP contribution in [0.1, 0.15) is 40.5 Å². The largest absolute Gasteiger partial charge is 0.497 e. The van der Waals surface area contributed by atoms with Crippen LogP contribution in [-0.4, -0.2) is 43.0 Å². The van der Waals surface area contributed by atoms with Gasteiger partial charge in [-0.05, 0) is 44.0 Å². The minimum absolute atomic E-state index is 0.00279. The van der Waals surface area contributed by atoms with Gasteiger partial charge in [-0.2, -0.15) is 0 Å². The normalized spacial score (nSPS) is 16.1. The number of thiazole rings is 1. The van der Waals surface area contributed by atoms with Crippen molar-refractivity contribution in [2.75, 3.05) is 25.2 Å². The first-order chi connectivity index (χ1) is 14.0. The Labute approximate surface area is 173 Å². The van der Waals surface area contributed by atoms with Crippen molar-refractivity contribution in [3.8, 4) is 5.75 Å². The van der Waals surface area contributed by atoms with E-state index in [1.54, 1.807) is 36.3 Å². The number of ketones is 1. The van der Waals surface area contributed by atoms with Crippen LogP contribution in [0.3, 0.4) is 0 Å². The van der Waals surface area contributed by atoms with Crippen LogP contribution >= 0.6 is 11.3 Å². The number of amides is 1. The van der Waals surface area contributed by atoms with Gasteiger partial charge in [0.05, 0.1) is 30.0 Å². The molecule has 29 heavy (non-hydrogen) atoms. The van der Waals surface area contributed by atoms with Crippen molar-refractivity contribution >= 4 is 38.4 Å². The molecule has 1 aromatic heterocycles. The van der Waals surface area contributed by atoms with Gasteiger partial charge < -0.3 is 9.47 Å². The molecule has 1 atom stereocenters.